The number of amides is 1. The molecule has 1 aromatic rings. The van der Waals surface area contributed by atoms with E-state index in [4.69, 9.17) is 4.74 Å². The Hall–Kier alpha value is -1.40. The normalized spacial score (nSPS) is 26.7. The van der Waals surface area contributed by atoms with Crippen molar-refractivity contribution in [3.8, 4) is 0 Å². The number of hydrogen-bond acceptors (Lipinski definition) is 5. The zero-order valence-corrected chi connectivity index (χ0v) is 17.8. The minimum absolute atomic E-state index is 0.0702. The molecule has 2 fully saturated rings. The van der Waals surface area contributed by atoms with Gasteiger partial charge >= 0.3 is 5.97 Å². The molecule has 6 heteroatoms. The van der Waals surface area contributed by atoms with E-state index < -0.39 is 0 Å². The Labute approximate surface area is 171 Å². The first-order valence-corrected chi connectivity index (χ1v) is 11.7. The molecule has 1 heterocycles. The van der Waals surface area contributed by atoms with Crippen molar-refractivity contribution in [3.63, 3.8) is 0 Å². The van der Waals surface area contributed by atoms with Gasteiger partial charge in [0, 0.05) is 10.9 Å². The number of hydrogen-bond donors (Lipinski definition) is 2. The fourth-order valence-corrected chi connectivity index (χ4v) is 6.85. The minimum atomic E-state index is -0.305. The molecule has 5 nitrogen and oxygen atoms in total. The van der Waals surface area contributed by atoms with Crippen molar-refractivity contribution in [1.82, 2.24) is 5.32 Å². The fourth-order valence-electron chi connectivity index (χ4n) is 5.56. The number of anilines is 1. The number of nitrogens with one attached hydrogen (secondary N) is 2. The van der Waals surface area contributed by atoms with Gasteiger partial charge in [-0.05, 0) is 82.1 Å². The molecular formula is C22H32N2O3S. The van der Waals surface area contributed by atoms with Crippen LogP contribution in [-0.2, 0) is 22.4 Å². The van der Waals surface area contributed by atoms with Gasteiger partial charge in [0.1, 0.15) is 5.00 Å². The van der Waals surface area contributed by atoms with Gasteiger partial charge in [0.2, 0.25) is 5.91 Å². The van der Waals surface area contributed by atoms with Gasteiger partial charge in [-0.25, -0.2) is 4.79 Å². The van der Waals surface area contributed by atoms with Gasteiger partial charge in [0.05, 0.1) is 18.7 Å². The molecule has 3 aliphatic rings. The number of esters is 1. The molecule has 0 unspecified atom stereocenters. The Morgan fingerprint density at radius 1 is 1.21 bits per heavy atom. The smallest absolute Gasteiger partial charge is 0.341 e. The number of thiophene rings is 1. The van der Waals surface area contributed by atoms with E-state index >= 15 is 0 Å². The number of rotatable bonds is 7. The van der Waals surface area contributed by atoms with Crippen molar-refractivity contribution in [2.45, 2.75) is 71.3 Å². The molecule has 4 rings (SSSR count). The summed E-state index contributed by atoms with van der Waals surface area (Å²) in [6, 6.07) is 0.363. The molecule has 154 valence electrons. The predicted molar refractivity (Wildman–Crippen MR) is 112 cm³/mol. The number of fused-ring (bicyclic) bond motifs is 3. The summed E-state index contributed by atoms with van der Waals surface area (Å²) in [4.78, 5) is 26.4. The highest BCUT2D eigenvalue weighted by atomic mass is 32.1. The van der Waals surface area contributed by atoms with Crippen molar-refractivity contribution in [3.05, 3.63) is 16.0 Å². The molecule has 0 radical (unpaired) electrons. The highest BCUT2D eigenvalue weighted by Gasteiger charge is 2.41. The standard InChI is InChI=1S/C22H32N2O3S/c1-3-27-22(26)20-16-6-4-5-7-18(16)28-21(20)24-19(25)12-23-13(2)17-11-14-8-9-15(17)10-14/h13-15,17,23H,3-12H2,1-2H3,(H,24,25)/t13-,14+,15+,17-/m1/s1. The molecule has 0 saturated heterocycles. The van der Waals surface area contributed by atoms with E-state index in [0.29, 0.717) is 35.7 Å². The van der Waals surface area contributed by atoms with Crippen LogP contribution >= 0.6 is 11.3 Å². The molecule has 2 saturated carbocycles. The third-order valence-corrected chi connectivity index (χ3v) is 8.13. The van der Waals surface area contributed by atoms with Crippen molar-refractivity contribution in [1.29, 1.82) is 0 Å². The Balaban J connectivity index is 1.38. The summed E-state index contributed by atoms with van der Waals surface area (Å²) >= 11 is 1.55. The maximum atomic E-state index is 12.6. The van der Waals surface area contributed by atoms with Crippen LogP contribution < -0.4 is 10.6 Å². The lowest BCUT2D eigenvalue weighted by Crippen LogP contribution is -2.40. The summed E-state index contributed by atoms with van der Waals surface area (Å²) in [5, 5.41) is 7.12. The average Bonchev–Trinajstić information content (AvgIpc) is 3.39. The van der Waals surface area contributed by atoms with E-state index in [2.05, 4.69) is 17.6 Å². The second-order valence-electron chi connectivity index (χ2n) is 8.69. The highest BCUT2D eigenvalue weighted by Crippen LogP contribution is 2.49. The predicted octanol–water partition coefficient (Wildman–Crippen LogP) is 4.16. The topological polar surface area (TPSA) is 67.4 Å². The highest BCUT2D eigenvalue weighted by molar-refractivity contribution is 7.17. The van der Waals surface area contributed by atoms with Gasteiger partial charge in [-0.3, -0.25) is 4.79 Å². The van der Waals surface area contributed by atoms with Gasteiger partial charge < -0.3 is 15.4 Å². The van der Waals surface area contributed by atoms with E-state index in [0.717, 1.165) is 43.1 Å². The molecule has 0 spiro atoms. The van der Waals surface area contributed by atoms with E-state index in [9.17, 15) is 9.59 Å². The Bertz CT molecular complexity index is 744. The second kappa shape index (κ2) is 8.54. The van der Waals surface area contributed by atoms with Crippen molar-refractivity contribution >= 4 is 28.2 Å². The molecule has 2 bridgehead atoms. The maximum Gasteiger partial charge on any atom is 0.341 e. The number of carbonyl (C=O) groups excluding carboxylic acids is 2. The molecule has 28 heavy (non-hydrogen) atoms. The first-order valence-electron chi connectivity index (χ1n) is 10.9. The third-order valence-electron chi connectivity index (χ3n) is 6.92. The lowest BCUT2D eigenvalue weighted by molar-refractivity contribution is -0.115. The maximum absolute atomic E-state index is 12.6. The fraction of sp³-hybridized carbons (Fsp3) is 0.727. The van der Waals surface area contributed by atoms with Crippen LogP contribution in [0.1, 0.15) is 73.2 Å². The van der Waals surface area contributed by atoms with Crippen LogP contribution in [0, 0.1) is 17.8 Å². The van der Waals surface area contributed by atoms with E-state index in [1.165, 1.54) is 30.6 Å². The first kappa shape index (κ1) is 19.9. The van der Waals surface area contributed by atoms with Gasteiger partial charge in [0.15, 0.2) is 0 Å². The van der Waals surface area contributed by atoms with Crippen LogP contribution in [0.25, 0.3) is 0 Å². The van der Waals surface area contributed by atoms with E-state index in [-0.39, 0.29) is 11.9 Å². The monoisotopic (exact) mass is 404 g/mol. The largest absolute Gasteiger partial charge is 0.462 e. The zero-order chi connectivity index (χ0) is 19.7. The van der Waals surface area contributed by atoms with Crippen LogP contribution in [0.5, 0.6) is 0 Å². The molecular weight excluding hydrogens is 372 g/mol. The first-order chi connectivity index (χ1) is 13.6. The molecule has 1 aromatic heterocycles. The lowest BCUT2D eigenvalue weighted by Gasteiger charge is -2.28. The van der Waals surface area contributed by atoms with Crippen LogP contribution in [0.3, 0.4) is 0 Å². The lowest BCUT2D eigenvalue weighted by atomic mass is 9.84. The summed E-state index contributed by atoms with van der Waals surface area (Å²) in [7, 11) is 0. The molecule has 1 amide bonds. The molecule has 4 atom stereocenters. The van der Waals surface area contributed by atoms with Gasteiger partial charge in [-0.1, -0.05) is 6.42 Å². The van der Waals surface area contributed by atoms with Gasteiger partial charge in [-0.2, -0.15) is 0 Å². The second-order valence-corrected chi connectivity index (χ2v) is 9.80. The number of carbonyl (C=O) groups is 2. The van der Waals surface area contributed by atoms with Crippen molar-refractivity contribution < 1.29 is 14.3 Å². The molecule has 0 aromatic carbocycles. The zero-order valence-electron chi connectivity index (χ0n) is 17.0. The minimum Gasteiger partial charge on any atom is -0.462 e. The van der Waals surface area contributed by atoms with Crippen LogP contribution in [0.15, 0.2) is 0 Å². The van der Waals surface area contributed by atoms with E-state index in [1.807, 2.05) is 6.92 Å². The quantitative estimate of drug-likeness (QED) is 0.670. The number of aryl methyl sites for hydroxylation is 1. The molecule has 0 aliphatic heterocycles. The summed E-state index contributed by atoms with van der Waals surface area (Å²) in [6.45, 7) is 4.67. The summed E-state index contributed by atoms with van der Waals surface area (Å²) < 4.78 is 5.27. The average molecular weight is 405 g/mol. The van der Waals surface area contributed by atoms with Gasteiger partial charge in [0.25, 0.3) is 0 Å². The van der Waals surface area contributed by atoms with Crippen LogP contribution in [0.2, 0.25) is 0 Å². The van der Waals surface area contributed by atoms with Crippen LogP contribution in [0.4, 0.5) is 5.00 Å². The Kier molecular flexibility index (Phi) is 6.07. The van der Waals surface area contributed by atoms with Gasteiger partial charge in [-0.15, -0.1) is 11.3 Å². The molecule has 3 aliphatic carbocycles. The van der Waals surface area contributed by atoms with Crippen molar-refractivity contribution in [2.75, 3.05) is 18.5 Å². The number of ether oxygens (including phenoxy) is 1. The Morgan fingerprint density at radius 2 is 2.04 bits per heavy atom. The van der Waals surface area contributed by atoms with Crippen molar-refractivity contribution in [2.24, 2.45) is 17.8 Å². The third kappa shape index (κ3) is 3.99. The summed E-state index contributed by atoms with van der Waals surface area (Å²) in [6.07, 6.45) is 9.57. The Morgan fingerprint density at radius 3 is 2.75 bits per heavy atom. The SMILES string of the molecule is CCOC(=O)c1c(NC(=O)CN[C@H](C)[C@H]2C[C@H]3CC[C@H]2C3)sc2c1CCCC2. The van der Waals surface area contributed by atoms with Crippen LogP contribution in [-0.4, -0.2) is 31.1 Å². The molecule has 2 N–H and O–H groups in total. The summed E-state index contributed by atoms with van der Waals surface area (Å²) in [5.74, 6) is 2.09. The summed E-state index contributed by atoms with van der Waals surface area (Å²) in [5.41, 5.74) is 1.68. The van der Waals surface area contributed by atoms with E-state index in [1.54, 1.807) is 11.3 Å².